The smallest absolute Gasteiger partial charge is 0.412 e. The van der Waals surface area contributed by atoms with Crippen molar-refractivity contribution in [3.05, 3.63) is 0 Å². The highest BCUT2D eigenvalue weighted by molar-refractivity contribution is 5.70. The van der Waals surface area contributed by atoms with Gasteiger partial charge in [-0.1, -0.05) is 0 Å². The number of carboxylic acid groups (broad SMARTS) is 1. The molecule has 0 aromatic heterocycles. The number of nitrogens with zero attached hydrogens (tertiary/aromatic N) is 1. The number of carbonyl (C=O) groups is 2. The van der Waals surface area contributed by atoms with Crippen LogP contribution >= 0.6 is 0 Å². The molecule has 1 rings (SSSR count). The van der Waals surface area contributed by atoms with Gasteiger partial charge in [0.05, 0.1) is 12.6 Å². The van der Waals surface area contributed by atoms with Gasteiger partial charge in [-0.3, -0.25) is 9.69 Å². The quantitative estimate of drug-likeness (QED) is 0.853. The Kier molecular flexibility index (Phi) is 4.45. The molecule has 1 amide bonds. The Morgan fingerprint density at radius 3 is 2.47 bits per heavy atom. The van der Waals surface area contributed by atoms with E-state index in [1.807, 2.05) is 0 Å². The van der Waals surface area contributed by atoms with Crippen molar-refractivity contribution in [3.63, 3.8) is 0 Å². The maximum Gasteiger partial charge on any atom is 0.412 e. The van der Waals surface area contributed by atoms with Crippen LogP contribution in [0.25, 0.3) is 0 Å². The van der Waals surface area contributed by atoms with Crippen molar-refractivity contribution >= 4 is 12.1 Å². The van der Waals surface area contributed by atoms with Crippen LogP contribution < -0.4 is 0 Å². The lowest BCUT2D eigenvalue weighted by atomic mass is 10.1. The van der Waals surface area contributed by atoms with Crippen molar-refractivity contribution in [1.82, 2.24) is 4.90 Å². The van der Waals surface area contributed by atoms with Gasteiger partial charge in [-0.25, -0.2) is 4.79 Å². The first kappa shape index (κ1) is 15.8. The molecule has 1 heterocycles. The standard InChI is InChI=1S/C13H23NO5/c1-12(2,3)19-11(17)14-9(6-7-10(15)16)8-18-13(14,4)5/h9H,6-8H2,1-5H3,(H,15,16). The molecule has 1 fully saturated rings. The second kappa shape index (κ2) is 5.36. The SMILES string of the molecule is CC(C)(C)OC(=O)N1C(CCC(=O)O)COC1(C)C. The van der Waals surface area contributed by atoms with Gasteiger partial charge in [-0.15, -0.1) is 0 Å². The van der Waals surface area contributed by atoms with Gasteiger partial charge in [0.2, 0.25) is 0 Å². The number of carbonyl (C=O) groups excluding carboxylic acids is 1. The number of amides is 1. The molecule has 1 saturated heterocycles. The fourth-order valence-electron chi connectivity index (χ4n) is 2.07. The zero-order chi connectivity index (χ0) is 14.8. The minimum absolute atomic E-state index is 0.00338. The lowest BCUT2D eigenvalue weighted by molar-refractivity contribution is -0.137. The van der Waals surface area contributed by atoms with Crippen molar-refractivity contribution in [1.29, 1.82) is 0 Å². The predicted molar refractivity (Wildman–Crippen MR) is 68.8 cm³/mol. The second-order valence-electron chi connectivity index (χ2n) is 6.19. The van der Waals surface area contributed by atoms with E-state index < -0.39 is 23.4 Å². The van der Waals surface area contributed by atoms with Crippen molar-refractivity contribution in [3.8, 4) is 0 Å². The summed E-state index contributed by atoms with van der Waals surface area (Å²) in [5, 5.41) is 8.74. The molecule has 0 aromatic carbocycles. The first-order valence-corrected chi connectivity index (χ1v) is 6.41. The summed E-state index contributed by atoms with van der Waals surface area (Å²) in [6, 6.07) is -0.263. The highest BCUT2D eigenvalue weighted by atomic mass is 16.6. The maximum atomic E-state index is 12.2. The van der Waals surface area contributed by atoms with Gasteiger partial charge in [0.1, 0.15) is 11.3 Å². The monoisotopic (exact) mass is 273 g/mol. The number of ether oxygens (including phenoxy) is 2. The summed E-state index contributed by atoms with van der Waals surface area (Å²) < 4.78 is 10.9. The Hall–Kier alpha value is -1.30. The lowest BCUT2D eigenvalue weighted by Crippen LogP contribution is -2.49. The summed E-state index contributed by atoms with van der Waals surface area (Å²) in [6.07, 6.45) is -0.105. The van der Waals surface area contributed by atoms with Crippen LogP contribution in [-0.4, -0.2) is 46.0 Å². The lowest BCUT2D eigenvalue weighted by Gasteiger charge is -2.35. The first-order chi connectivity index (χ1) is 8.53. The Bertz CT molecular complexity index is 359. The third-order valence-electron chi connectivity index (χ3n) is 2.86. The molecule has 0 aliphatic carbocycles. The minimum atomic E-state index is -0.881. The van der Waals surface area contributed by atoms with Crippen molar-refractivity contribution < 1.29 is 24.2 Å². The van der Waals surface area contributed by atoms with Crippen LogP contribution in [0.3, 0.4) is 0 Å². The molecule has 1 aliphatic heterocycles. The first-order valence-electron chi connectivity index (χ1n) is 6.41. The summed E-state index contributed by atoms with van der Waals surface area (Å²) in [4.78, 5) is 24.4. The van der Waals surface area contributed by atoms with Gasteiger partial charge in [0.15, 0.2) is 0 Å². The van der Waals surface area contributed by atoms with Crippen LogP contribution in [0.15, 0.2) is 0 Å². The Morgan fingerprint density at radius 1 is 1.42 bits per heavy atom. The van der Waals surface area contributed by atoms with E-state index in [0.29, 0.717) is 13.0 Å². The van der Waals surface area contributed by atoms with Crippen LogP contribution in [0.5, 0.6) is 0 Å². The average molecular weight is 273 g/mol. The third-order valence-corrected chi connectivity index (χ3v) is 2.86. The van der Waals surface area contributed by atoms with Gasteiger partial charge >= 0.3 is 12.1 Å². The normalized spacial score (nSPS) is 22.4. The number of hydrogen-bond donors (Lipinski definition) is 1. The van der Waals surface area contributed by atoms with E-state index in [1.54, 1.807) is 34.6 Å². The van der Waals surface area contributed by atoms with Gasteiger partial charge in [-0.05, 0) is 41.0 Å². The molecule has 1 atom stereocenters. The number of rotatable bonds is 3. The largest absolute Gasteiger partial charge is 0.481 e. The van der Waals surface area contributed by atoms with E-state index in [2.05, 4.69) is 0 Å². The number of aliphatic carboxylic acids is 1. The van der Waals surface area contributed by atoms with E-state index in [1.165, 1.54) is 4.90 Å². The zero-order valence-corrected chi connectivity index (χ0v) is 12.2. The molecule has 6 nitrogen and oxygen atoms in total. The molecule has 0 spiro atoms. The molecule has 1 N–H and O–H groups in total. The Labute approximate surface area is 113 Å². The fraction of sp³-hybridized carbons (Fsp3) is 0.846. The van der Waals surface area contributed by atoms with Crippen LogP contribution in [0, 0.1) is 0 Å². The molecule has 0 radical (unpaired) electrons. The molecule has 1 unspecified atom stereocenters. The maximum absolute atomic E-state index is 12.2. The highest BCUT2D eigenvalue weighted by Crippen LogP contribution is 2.31. The number of carboxylic acids is 1. The van der Waals surface area contributed by atoms with Crippen LogP contribution in [0.2, 0.25) is 0 Å². The Balaban J connectivity index is 2.78. The van der Waals surface area contributed by atoms with Gasteiger partial charge in [0, 0.05) is 6.42 Å². The minimum Gasteiger partial charge on any atom is -0.481 e. The topological polar surface area (TPSA) is 76.1 Å². The molecule has 1 aliphatic rings. The summed E-state index contributed by atoms with van der Waals surface area (Å²) in [5.74, 6) is -0.881. The molecular weight excluding hydrogens is 250 g/mol. The van der Waals surface area contributed by atoms with E-state index in [0.717, 1.165) is 0 Å². The zero-order valence-electron chi connectivity index (χ0n) is 12.2. The van der Waals surface area contributed by atoms with Crippen LogP contribution in [-0.2, 0) is 14.3 Å². The van der Waals surface area contributed by atoms with E-state index in [-0.39, 0.29) is 12.5 Å². The van der Waals surface area contributed by atoms with Crippen LogP contribution in [0.1, 0.15) is 47.5 Å². The summed E-state index contributed by atoms with van der Waals surface area (Å²) >= 11 is 0. The summed E-state index contributed by atoms with van der Waals surface area (Å²) in [6.45, 7) is 9.26. The van der Waals surface area contributed by atoms with E-state index in [4.69, 9.17) is 14.6 Å². The molecule has 0 bridgehead atoms. The van der Waals surface area contributed by atoms with Crippen molar-refractivity contribution in [2.24, 2.45) is 0 Å². The average Bonchev–Trinajstić information content (AvgIpc) is 2.47. The molecule has 110 valence electrons. The number of hydrogen-bond acceptors (Lipinski definition) is 4. The molecule has 0 saturated carbocycles. The molecule has 19 heavy (non-hydrogen) atoms. The van der Waals surface area contributed by atoms with Gasteiger partial charge < -0.3 is 14.6 Å². The summed E-state index contributed by atoms with van der Waals surface area (Å²) in [7, 11) is 0. The van der Waals surface area contributed by atoms with E-state index >= 15 is 0 Å². The fourth-order valence-corrected chi connectivity index (χ4v) is 2.07. The third kappa shape index (κ3) is 4.38. The van der Waals surface area contributed by atoms with Crippen molar-refractivity contribution in [2.45, 2.75) is 64.8 Å². The van der Waals surface area contributed by atoms with Gasteiger partial charge in [0.25, 0.3) is 0 Å². The van der Waals surface area contributed by atoms with E-state index in [9.17, 15) is 9.59 Å². The van der Waals surface area contributed by atoms with Gasteiger partial charge in [-0.2, -0.15) is 0 Å². The van der Waals surface area contributed by atoms with Crippen molar-refractivity contribution in [2.75, 3.05) is 6.61 Å². The molecular formula is C13H23NO5. The second-order valence-corrected chi connectivity index (χ2v) is 6.19. The highest BCUT2D eigenvalue weighted by Gasteiger charge is 2.45. The Morgan fingerprint density at radius 2 is 2.00 bits per heavy atom. The predicted octanol–water partition coefficient (Wildman–Crippen LogP) is 2.22. The molecule has 6 heteroatoms. The van der Waals surface area contributed by atoms with Crippen LogP contribution in [0.4, 0.5) is 4.79 Å². The summed E-state index contributed by atoms with van der Waals surface area (Å²) in [5.41, 5.74) is -1.36. The molecule has 0 aromatic rings.